The Balaban J connectivity index is 2.26. The Kier molecular flexibility index (Phi) is 5.03. The molecule has 0 saturated heterocycles. The lowest BCUT2D eigenvalue weighted by molar-refractivity contribution is 0.0915. The maximum atomic E-state index is 12.4. The number of hydrogen-bond acceptors (Lipinski definition) is 2. The molecule has 0 unspecified atom stereocenters. The van der Waals surface area contributed by atoms with E-state index in [0.29, 0.717) is 14.9 Å². The van der Waals surface area contributed by atoms with E-state index in [1.807, 2.05) is 32.2 Å². The third-order valence-corrected chi connectivity index (χ3v) is 6.20. The molecule has 0 saturated carbocycles. The summed E-state index contributed by atoms with van der Waals surface area (Å²) in [5.41, 5.74) is 1.30. The van der Waals surface area contributed by atoms with Gasteiger partial charge in [-0.2, -0.15) is 0 Å². The van der Waals surface area contributed by atoms with Crippen LogP contribution in [0.25, 0.3) is 0 Å². The Morgan fingerprint density at radius 2 is 1.95 bits per heavy atom. The lowest BCUT2D eigenvalue weighted by Crippen LogP contribution is -2.40. The number of amides is 1. The van der Waals surface area contributed by atoms with Crippen molar-refractivity contribution in [2.45, 2.75) is 26.3 Å². The zero-order chi connectivity index (χ0) is 15.8. The summed E-state index contributed by atoms with van der Waals surface area (Å²) in [5.74, 6) is -0.0979. The minimum absolute atomic E-state index is 0.0979. The third kappa shape index (κ3) is 3.62. The molecule has 1 aromatic carbocycles. The van der Waals surface area contributed by atoms with Crippen molar-refractivity contribution in [3.63, 3.8) is 0 Å². The highest BCUT2D eigenvalue weighted by atomic mass is 79.9. The summed E-state index contributed by atoms with van der Waals surface area (Å²) in [6.07, 6.45) is 0. The highest BCUT2D eigenvalue weighted by Gasteiger charge is 2.25. The van der Waals surface area contributed by atoms with Crippen LogP contribution >= 0.6 is 50.5 Å². The van der Waals surface area contributed by atoms with Crippen molar-refractivity contribution in [1.82, 2.24) is 5.32 Å². The van der Waals surface area contributed by atoms with Crippen LogP contribution in [-0.2, 0) is 5.54 Å². The number of benzene rings is 1. The molecule has 112 valence electrons. The number of nitrogens with one attached hydrogen (secondary N) is 1. The zero-order valence-electron chi connectivity index (χ0n) is 11.8. The number of carbonyl (C=O) groups is 1. The summed E-state index contributed by atoms with van der Waals surface area (Å²) >= 11 is 16.8. The van der Waals surface area contributed by atoms with Crippen molar-refractivity contribution in [2.75, 3.05) is 0 Å². The van der Waals surface area contributed by atoms with Gasteiger partial charge < -0.3 is 5.32 Å². The molecule has 2 nitrogen and oxygen atoms in total. The van der Waals surface area contributed by atoms with Gasteiger partial charge in [0.1, 0.15) is 0 Å². The Morgan fingerprint density at radius 1 is 1.29 bits per heavy atom. The van der Waals surface area contributed by atoms with Crippen LogP contribution in [0.3, 0.4) is 0 Å². The molecule has 2 rings (SSSR count). The van der Waals surface area contributed by atoms with Gasteiger partial charge in [0.05, 0.1) is 20.5 Å². The van der Waals surface area contributed by atoms with Gasteiger partial charge in [-0.15, -0.1) is 11.3 Å². The molecule has 1 heterocycles. The van der Waals surface area contributed by atoms with E-state index in [2.05, 4.69) is 21.2 Å². The maximum Gasteiger partial charge on any atom is 0.262 e. The second-order valence-electron chi connectivity index (χ2n) is 5.25. The number of halogens is 3. The van der Waals surface area contributed by atoms with Gasteiger partial charge in [0, 0.05) is 9.85 Å². The van der Waals surface area contributed by atoms with E-state index in [0.717, 1.165) is 15.6 Å². The first-order valence-corrected chi connectivity index (χ1v) is 8.67. The fourth-order valence-electron chi connectivity index (χ4n) is 1.92. The highest BCUT2D eigenvalue weighted by Crippen LogP contribution is 2.30. The molecule has 0 aliphatic heterocycles. The minimum atomic E-state index is -0.547. The average molecular weight is 407 g/mol. The number of carbonyl (C=O) groups excluding carboxylic acids is 1. The lowest BCUT2D eigenvalue weighted by atomic mass is 9.94. The van der Waals surface area contributed by atoms with Crippen LogP contribution in [0.15, 0.2) is 28.1 Å². The van der Waals surface area contributed by atoms with Crippen LogP contribution in [0.5, 0.6) is 0 Å². The van der Waals surface area contributed by atoms with Gasteiger partial charge in [-0.05, 0) is 60.0 Å². The molecule has 1 amide bonds. The van der Waals surface area contributed by atoms with Gasteiger partial charge in [-0.3, -0.25) is 4.79 Å². The molecule has 1 aromatic heterocycles. The fraction of sp³-hybridized carbons (Fsp3) is 0.267. The summed E-state index contributed by atoms with van der Waals surface area (Å²) in [5, 5.41) is 5.93. The van der Waals surface area contributed by atoms with Crippen molar-refractivity contribution < 1.29 is 4.79 Å². The quantitative estimate of drug-likeness (QED) is 0.686. The SMILES string of the molecule is Cc1c(Br)csc1C(=O)NC(C)(C)c1ccc(Cl)c(Cl)c1. The molecule has 21 heavy (non-hydrogen) atoms. The van der Waals surface area contributed by atoms with Gasteiger partial charge in [0.15, 0.2) is 0 Å². The molecule has 6 heteroatoms. The van der Waals surface area contributed by atoms with E-state index in [4.69, 9.17) is 23.2 Å². The Bertz CT molecular complexity index is 697. The van der Waals surface area contributed by atoms with Crippen LogP contribution in [0, 0.1) is 6.92 Å². The van der Waals surface area contributed by atoms with Gasteiger partial charge in [0.25, 0.3) is 5.91 Å². The number of thiophene rings is 1. The molecular formula is C15H14BrCl2NOS. The monoisotopic (exact) mass is 405 g/mol. The molecule has 0 bridgehead atoms. The van der Waals surface area contributed by atoms with Crippen molar-refractivity contribution in [3.8, 4) is 0 Å². The van der Waals surface area contributed by atoms with Crippen molar-refractivity contribution in [1.29, 1.82) is 0 Å². The molecule has 1 N–H and O–H groups in total. The molecule has 0 aliphatic carbocycles. The van der Waals surface area contributed by atoms with Gasteiger partial charge in [-0.1, -0.05) is 29.3 Å². The van der Waals surface area contributed by atoms with Gasteiger partial charge >= 0.3 is 0 Å². The zero-order valence-corrected chi connectivity index (χ0v) is 15.7. The van der Waals surface area contributed by atoms with Gasteiger partial charge in [-0.25, -0.2) is 0 Å². The maximum absolute atomic E-state index is 12.4. The Morgan fingerprint density at radius 3 is 2.48 bits per heavy atom. The number of hydrogen-bond donors (Lipinski definition) is 1. The average Bonchev–Trinajstić information content (AvgIpc) is 2.72. The van der Waals surface area contributed by atoms with Crippen molar-refractivity contribution >= 4 is 56.4 Å². The summed E-state index contributed by atoms with van der Waals surface area (Å²) < 4.78 is 0.949. The van der Waals surface area contributed by atoms with E-state index in [9.17, 15) is 4.79 Å². The van der Waals surface area contributed by atoms with Crippen LogP contribution in [0.2, 0.25) is 10.0 Å². The second kappa shape index (κ2) is 6.29. The van der Waals surface area contributed by atoms with E-state index in [-0.39, 0.29) is 5.91 Å². The Hall–Kier alpha value is -0.550. The largest absolute Gasteiger partial charge is 0.342 e. The first-order chi connectivity index (χ1) is 9.72. The molecule has 0 radical (unpaired) electrons. The predicted octanol–water partition coefficient (Wildman–Crippen LogP) is 5.79. The van der Waals surface area contributed by atoms with E-state index in [1.54, 1.807) is 12.1 Å². The standard InChI is InChI=1S/C15H14BrCl2NOS/c1-8-10(16)7-21-13(8)14(20)19-15(2,3)9-4-5-11(17)12(18)6-9/h4-7H,1-3H3,(H,19,20). The fourth-order valence-corrected chi connectivity index (χ4v) is 3.67. The summed E-state index contributed by atoms with van der Waals surface area (Å²) in [6, 6.07) is 5.38. The smallest absolute Gasteiger partial charge is 0.262 e. The van der Waals surface area contributed by atoms with Crippen LogP contribution < -0.4 is 5.32 Å². The highest BCUT2D eigenvalue weighted by molar-refractivity contribution is 9.10. The summed E-state index contributed by atoms with van der Waals surface area (Å²) in [7, 11) is 0. The topological polar surface area (TPSA) is 29.1 Å². The molecule has 0 fully saturated rings. The first-order valence-electron chi connectivity index (χ1n) is 6.24. The predicted molar refractivity (Wildman–Crippen MR) is 93.7 cm³/mol. The molecule has 0 spiro atoms. The normalized spacial score (nSPS) is 11.5. The van der Waals surface area contributed by atoms with Crippen molar-refractivity contribution in [3.05, 3.63) is 54.1 Å². The molecule has 0 aliphatic rings. The van der Waals surface area contributed by atoms with E-state index < -0.39 is 5.54 Å². The number of rotatable bonds is 3. The minimum Gasteiger partial charge on any atom is -0.342 e. The van der Waals surface area contributed by atoms with Gasteiger partial charge in [0.2, 0.25) is 0 Å². The second-order valence-corrected chi connectivity index (χ2v) is 7.79. The van der Waals surface area contributed by atoms with Crippen LogP contribution in [-0.4, -0.2) is 5.91 Å². The van der Waals surface area contributed by atoms with E-state index >= 15 is 0 Å². The van der Waals surface area contributed by atoms with Crippen LogP contribution in [0.1, 0.15) is 34.6 Å². The lowest BCUT2D eigenvalue weighted by Gasteiger charge is -2.27. The molecular weight excluding hydrogens is 393 g/mol. The van der Waals surface area contributed by atoms with E-state index in [1.165, 1.54) is 11.3 Å². The Labute approximate surface area is 146 Å². The summed E-state index contributed by atoms with van der Waals surface area (Å²) in [4.78, 5) is 13.1. The molecule has 2 aromatic rings. The first kappa shape index (κ1) is 16.8. The molecule has 0 atom stereocenters. The van der Waals surface area contributed by atoms with Crippen molar-refractivity contribution in [2.24, 2.45) is 0 Å². The summed E-state index contributed by atoms with van der Waals surface area (Å²) in [6.45, 7) is 5.78. The third-order valence-electron chi connectivity index (χ3n) is 3.25. The van der Waals surface area contributed by atoms with Crippen LogP contribution in [0.4, 0.5) is 0 Å².